The zero-order chi connectivity index (χ0) is 12.1. The van der Waals surface area contributed by atoms with Crippen molar-refractivity contribution in [1.29, 1.82) is 0 Å². The minimum atomic E-state index is 0.0723. The summed E-state index contributed by atoms with van der Waals surface area (Å²) in [7, 11) is 0. The maximum atomic E-state index is 9.23. The number of hydrogen-bond donors (Lipinski definition) is 1. The number of hydrogen-bond acceptors (Lipinski definition) is 2. The zero-order valence-electron chi connectivity index (χ0n) is 9.81. The van der Waals surface area contributed by atoms with Crippen LogP contribution in [0.5, 0.6) is 0 Å². The van der Waals surface area contributed by atoms with Crippen LogP contribution in [0.3, 0.4) is 0 Å². The summed E-state index contributed by atoms with van der Waals surface area (Å²) in [5.41, 5.74) is 5.57. The highest BCUT2D eigenvalue weighted by atomic mass is 16.3. The van der Waals surface area contributed by atoms with E-state index in [9.17, 15) is 5.11 Å². The van der Waals surface area contributed by atoms with Crippen molar-refractivity contribution in [3.63, 3.8) is 0 Å². The Labute approximate surface area is 104 Å². The lowest BCUT2D eigenvalue weighted by Crippen LogP contribution is -1.86. The van der Waals surface area contributed by atoms with E-state index in [2.05, 4.69) is 12.1 Å². The number of para-hydroxylation sites is 1. The molecule has 2 heteroatoms. The molecule has 2 aromatic carbocycles. The van der Waals surface area contributed by atoms with Crippen LogP contribution in [0.2, 0.25) is 0 Å². The van der Waals surface area contributed by atoms with Gasteiger partial charge in [-0.3, -0.25) is 0 Å². The number of furan rings is 1. The Morgan fingerprint density at radius 2 is 2.00 bits per heavy atom. The van der Waals surface area contributed by atoms with Crippen molar-refractivity contribution >= 4 is 11.0 Å². The third-order valence-electron chi connectivity index (χ3n) is 3.67. The number of aliphatic hydroxyl groups is 1. The summed E-state index contributed by atoms with van der Waals surface area (Å²) in [4.78, 5) is 0. The maximum absolute atomic E-state index is 9.23. The van der Waals surface area contributed by atoms with Crippen LogP contribution in [0.15, 0.2) is 46.9 Å². The normalized spacial score (nSPS) is 12.7. The predicted octanol–water partition coefficient (Wildman–Crippen LogP) is 3.50. The summed E-state index contributed by atoms with van der Waals surface area (Å²) in [6, 6.07) is 14.2. The van der Waals surface area contributed by atoms with Gasteiger partial charge < -0.3 is 9.52 Å². The van der Waals surface area contributed by atoms with E-state index in [1.54, 1.807) is 0 Å². The molecule has 1 heterocycles. The lowest BCUT2D eigenvalue weighted by atomic mass is 10.1. The molecule has 0 atom stereocenters. The van der Waals surface area contributed by atoms with Crippen LogP contribution in [0.25, 0.3) is 22.3 Å². The fraction of sp³-hybridized carbons (Fsp3) is 0.125. The molecule has 2 nitrogen and oxygen atoms in total. The van der Waals surface area contributed by atoms with Crippen molar-refractivity contribution < 1.29 is 9.52 Å². The fourth-order valence-electron chi connectivity index (χ4n) is 2.77. The van der Waals surface area contributed by atoms with Gasteiger partial charge >= 0.3 is 0 Å². The molecule has 4 rings (SSSR count). The van der Waals surface area contributed by atoms with Gasteiger partial charge in [0.2, 0.25) is 0 Å². The summed E-state index contributed by atoms with van der Waals surface area (Å²) in [6.45, 7) is 0.0723. The fourth-order valence-corrected chi connectivity index (χ4v) is 2.77. The van der Waals surface area contributed by atoms with Crippen LogP contribution in [0, 0.1) is 0 Å². The highest BCUT2D eigenvalue weighted by Gasteiger charge is 2.25. The molecule has 0 bridgehead atoms. The Bertz CT molecular complexity index is 753. The van der Waals surface area contributed by atoms with Crippen molar-refractivity contribution in [1.82, 2.24) is 0 Å². The SMILES string of the molecule is OCc1ccc2c(c1)-c1oc3ccccc3c1C2. The molecule has 88 valence electrons. The molecule has 1 aliphatic rings. The van der Waals surface area contributed by atoms with Crippen molar-refractivity contribution in [2.75, 3.05) is 0 Å². The largest absolute Gasteiger partial charge is 0.456 e. The standard InChI is InChI=1S/C16H12O2/c17-9-10-5-6-11-8-14-12-3-1-2-4-15(12)18-16(14)13(11)7-10/h1-7,17H,8-9H2. The summed E-state index contributed by atoms with van der Waals surface area (Å²) in [6.07, 6.45) is 0.924. The van der Waals surface area contributed by atoms with Gasteiger partial charge in [0, 0.05) is 22.9 Å². The van der Waals surface area contributed by atoms with Gasteiger partial charge in [0.1, 0.15) is 11.3 Å². The van der Waals surface area contributed by atoms with E-state index < -0.39 is 0 Å². The first kappa shape index (κ1) is 9.92. The van der Waals surface area contributed by atoms with E-state index in [0.29, 0.717) is 0 Å². The second kappa shape index (κ2) is 3.47. The van der Waals surface area contributed by atoms with Crippen LogP contribution in [-0.2, 0) is 13.0 Å². The van der Waals surface area contributed by atoms with Crippen LogP contribution in [0.1, 0.15) is 16.7 Å². The minimum absolute atomic E-state index is 0.0723. The highest BCUT2D eigenvalue weighted by molar-refractivity contribution is 5.91. The average Bonchev–Trinajstić information content (AvgIpc) is 2.94. The Balaban J connectivity index is 2.02. The van der Waals surface area contributed by atoms with Crippen molar-refractivity contribution in [2.45, 2.75) is 13.0 Å². The maximum Gasteiger partial charge on any atom is 0.139 e. The Hall–Kier alpha value is -2.06. The molecule has 18 heavy (non-hydrogen) atoms. The topological polar surface area (TPSA) is 33.4 Å². The van der Waals surface area contributed by atoms with Gasteiger partial charge in [-0.05, 0) is 23.3 Å². The van der Waals surface area contributed by atoms with Crippen LogP contribution >= 0.6 is 0 Å². The summed E-state index contributed by atoms with van der Waals surface area (Å²) in [5.74, 6) is 0.974. The van der Waals surface area contributed by atoms with Gasteiger partial charge in [0.05, 0.1) is 6.61 Å². The second-order valence-electron chi connectivity index (χ2n) is 4.73. The minimum Gasteiger partial charge on any atom is -0.456 e. The molecule has 0 fully saturated rings. The molecule has 1 aliphatic carbocycles. The van der Waals surface area contributed by atoms with Gasteiger partial charge in [-0.25, -0.2) is 0 Å². The lowest BCUT2D eigenvalue weighted by Gasteiger charge is -2.01. The first-order valence-electron chi connectivity index (χ1n) is 6.10. The quantitative estimate of drug-likeness (QED) is 0.548. The van der Waals surface area contributed by atoms with Gasteiger partial charge in [0.25, 0.3) is 0 Å². The molecular weight excluding hydrogens is 224 g/mol. The average molecular weight is 236 g/mol. The molecule has 0 unspecified atom stereocenters. The Kier molecular flexibility index (Phi) is 1.91. The molecule has 3 aromatic rings. The van der Waals surface area contributed by atoms with E-state index in [1.165, 1.54) is 16.5 Å². The highest BCUT2D eigenvalue weighted by Crippen LogP contribution is 2.42. The summed E-state index contributed by atoms with van der Waals surface area (Å²) in [5, 5.41) is 10.4. The monoisotopic (exact) mass is 236 g/mol. The molecule has 0 saturated heterocycles. The number of fused-ring (bicyclic) bond motifs is 5. The van der Waals surface area contributed by atoms with Crippen molar-refractivity contribution in [2.24, 2.45) is 0 Å². The van der Waals surface area contributed by atoms with Gasteiger partial charge in [0.15, 0.2) is 0 Å². The number of aliphatic hydroxyl groups excluding tert-OH is 1. The number of rotatable bonds is 1. The Morgan fingerprint density at radius 1 is 1.11 bits per heavy atom. The van der Waals surface area contributed by atoms with E-state index in [-0.39, 0.29) is 6.61 Å². The predicted molar refractivity (Wildman–Crippen MR) is 70.4 cm³/mol. The molecule has 1 aromatic heterocycles. The van der Waals surface area contributed by atoms with Gasteiger partial charge in [-0.15, -0.1) is 0 Å². The lowest BCUT2D eigenvalue weighted by molar-refractivity contribution is 0.282. The van der Waals surface area contributed by atoms with Crippen LogP contribution in [0.4, 0.5) is 0 Å². The van der Waals surface area contributed by atoms with E-state index >= 15 is 0 Å². The first-order valence-corrected chi connectivity index (χ1v) is 6.10. The third kappa shape index (κ3) is 1.21. The molecule has 0 aliphatic heterocycles. The smallest absolute Gasteiger partial charge is 0.139 e. The van der Waals surface area contributed by atoms with Crippen LogP contribution < -0.4 is 0 Å². The molecule has 0 amide bonds. The zero-order valence-corrected chi connectivity index (χ0v) is 9.81. The van der Waals surface area contributed by atoms with Gasteiger partial charge in [-0.2, -0.15) is 0 Å². The van der Waals surface area contributed by atoms with Crippen LogP contribution in [-0.4, -0.2) is 5.11 Å². The molecular formula is C16H12O2. The van der Waals surface area contributed by atoms with E-state index in [0.717, 1.165) is 28.9 Å². The second-order valence-corrected chi connectivity index (χ2v) is 4.73. The van der Waals surface area contributed by atoms with Crippen molar-refractivity contribution in [3.05, 3.63) is 59.2 Å². The molecule has 0 radical (unpaired) electrons. The summed E-state index contributed by atoms with van der Waals surface area (Å²) >= 11 is 0. The van der Waals surface area contributed by atoms with Crippen molar-refractivity contribution in [3.8, 4) is 11.3 Å². The van der Waals surface area contributed by atoms with Gasteiger partial charge in [-0.1, -0.05) is 30.3 Å². The first-order chi connectivity index (χ1) is 8.86. The number of benzene rings is 2. The third-order valence-corrected chi connectivity index (χ3v) is 3.67. The summed E-state index contributed by atoms with van der Waals surface area (Å²) < 4.78 is 5.95. The molecule has 0 saturated carbocycles. The Morgan fingerprint density at radius 3 is 2.89 bits per heavy atom. The van der Waals surface area contributed by atoms with E-state index in [4.69, 9.17) is 4.42 Å². The molecule has 0 spiro atoms. The molecule has 1 N–H and O–H groups in total. The van der Waals surface area contributed by atoms with E-state index in [1.807, 2.05) is 30.3 Å².